The van der Waals surface area contributed by atoms with Gasteiger partial charge in [-0.25, -0.2) is 4.79 Å². The van der Waals surface area contributed by atoms with Gasteiger partial charge in [-0.15, -0.1) is 0 Å². The van der Waals surface area contributed by atoms with Gasteiger partial charge in [0.1, 0.15) is 0 Å². The number of hydrogen-bond donors (Lipinski definition) is 1. The Morgan fingerprint density at radius 1 is 1.12 bits per heavy atom. The number of carboxylic acids is 1. The van der Waals surface area contributed by atoms with E-state index in [1.165, 1.54) is 0 Å². The number of aryl methyl sites for hydroxylation is 1. The van der Waals surface area contributed by atoms with Crippen LogP contribution in [0.4, 0.5) is 5.69 Å². The summed E-state index contributed by atoms with van der Waals surface area (Å²) in [6.45, 7) is 12.2. The first kappa shape index (κ1) is 23.3. The van der Waals surface area contributed by atoms with E-state index in [9.17, 15) is 14.7 Å². The molecule has 0 fully saturated rings. The monoisotopic (exact) mass is 468 g/mol. The van der Waals surface area contributed by atoms with Gasteiger partial charge in [-0.1, -0.05) is 23.7 Å². The SMILES string of the molecule is CC(=O)N1CCn2c(C)cc3c(-c4ccc(Cl)cc4)c([C@H](OC(C)(C)C)C(=O)O)c(C)c1c32. The molecule has 0 radical (unpaired) electrons. The molecule has 1 atom stereocenters. The number of benzene rings is 2. The van der Waals surface area contributed by atoms with Gasteiger partial charge in [0.15, 0.2) is 6.10 Å². The number of aliphatic carboxylic acids is 1. The predicted octanol–water partition coefficient (Wildman–Crippen LogP) is 5.89. The highest BCUT2D eigenvalue weighted by Crippen LogP contribution is 2.48. The van der Waals surface area contributed by atoms with Gasteiger partial charge in [0.05, 0.1) is 16.8 Å². The van der Waals surface area contributed by atoms with E-state index in [1.54, 1.807) is 24.0 Å². The molecular weight excluding hydrogens is 440 g/mol. The number of carbonyl (C=O) groups is 2. The first-order valence-corrected chi connectivity index (χ1v) is 11.4. The highest BCUT2D eigenvalue weighted by Gasteiger charge is 2.36. The highest BCUT2D eigenvalue weighted by molar-refractivity contribution is 6.30. The minimum absolute atomic E-state index is 0.0710. The Balaban J connectivity index is 2.18. The second-order valence-electron chi connectivity index (χ2n) is 9.59. The normalized spacial score (nSPS) is 14.6. The number of rotatable bonds is 4. The molecule has 0 saturated heterocycles. The Bertz CT molecular complexity index is 1270. The lowest BCUT2D eigenvalue weighted by atomic mass is 9.87. The summed E-state index contributed by atoms with van der Waals surface area (Å²) in [6.07, 6.45) is -1.21. The fraction of sp³-hybridized carbons (Fsp3) is 0.385. The molecule has 0 unspecified atom stereocenters. The number of carbonyl (C=O) groups excluding carboxylic acids is 1. The summed E-state index contributed by atoms with van der Waals surface area (Å²) < 4.78 is 8.32. The molecule has 33 heavy (non-hydrogen) atoms. The number of ether oxygens (including phenoxy) is 1. The van der Waals surface area contributed by atoms with Crippen molar-refractivity contribution in [2.75, 3.05) is 11.4 Å². The molecule has 1 aromatic heterocycles. The van der Waals surface area contributed by atoms with E-state index < -0.39 is 17.7 Å². The fourth-order valence-electron chi connectivity index (χ4n) is 4.85. The summed E-state index contributed by atoms with van der Waals surface area (Å²) in [7, 11) is 0. The zero-order chi connectivity index (χ0) is 24.2. The quantitative estimate of drug-likeness (QED) is 0.518. The number of nitrogens with zero attached hydrogens (tertiary/aromatic N) is 2. The summed E-state index contributed by atoms with van der Waals surface area (Å²) in [5.74, 6) is -1.14. The molecule has 1 amide bonds. The van der Waals surface area contributed by atoms with Crippen LogP contribution in [0.2, 0.25) is 5.02 Å². The van der Waals surface area contributed by atoms with Gasteiger partial charge in [0.25, 0.3) is 0 Å². The topological polar surface area (TPSA) is 71.8 Å². The van der Waals surface area contributed by atoms with Crippen molar-refractivity contribution < 1.29 is 19.4 Å². The molecule has 0 spiro atoms. The van der Waals surface area contributed by atoms with E-state index >= 15 is 0 Å². The molecule has 2 aromatic carbocycles. The number of hydrogen-bond acceptors (Lipinski definition) is 3. The van der Waals surface area contributed by atoms with Gasteiger partial charge in [-0.2, -0.15) is 0 Å². The Kier molecular flexibility index (Phi) is 5.79. The zero-order valence-corrected chi connectivity index (χ0v) is 20.6. The molecule has 1 aliphatic rings. The van der Waals surface area contributed by atoms with Crippen molar-refractivity contribution in [2.24, 2.45) is 0 Å². The second kappa shape index (κ2) is 8.19. The van der Waals surface area contributed by atoms with E-state index in [0.29, 0.717) is 23.7 Å². The molecule has 7 heteroatoms. The summed E-state index contributed by atoms with van der Waals surface area (Å²) in [4.78, 5) is 26.9. The molecule has 1 N–H and O–H groups in total. The van der Waals surface area contributed by atoms with E-state index in [0.717, 1.165) is 39.0 Å². The first-order valence-electron chi connectivity index (χ1n) is 11.0. The maximum atomic E-state index is 12.6. The van der Waals surface area contributed by atoms with E-state index in [-0.39, 0.29) is 5.91 Å². The summed E-state index contributed by atoms with van der Waals surface area (Å²) in [5, 5.41) is 11.8. The lowest BCUT2D eigenvalue weighted by Gasteiger charge is -2.34. The average molecular weight is 469 g/mol. The van der Waals surface area contributed by atoms with Gasteiger partial charge in [0.2, 0.25) is 5.91 Å². The Hall–Kier alpha value is -2.83. The number of amides is 1. The van der Waals surface area contributed by atoms with Crippen molar-refractivity contribution in [1.82, 2.24) is 4.57 Å². The van der Waals surface area contributed by atoms with Crippen LogP contribution in [0.25, 0.3) is 22.0 Å². The molecular formula is C26H29ClN2O4. The lowest BCUT2D eigenvalue weighted by Crippen LogP contribution is -2.37. The fourth-order valence-corrected chi connectivity index (χ4v) is 4.97. The average Bonchev–Trinajstić information content (AvgIpc) is 3.05. The van der Waals surface area contributed by atoms with Crippen molar-refractivity contribution in [3.8, 4) is 11.1 Å². The molecule has 4 rings (SSSR count). The van der Waals surface area contributed by atoms with Crippen LogP contribution in [-0.4, -0.2) is 33.7 Å². The third kappa shape index (κ3) is 4.02. The van der Waals surface area contributed by atoms with Crippen LogP contribution in [0.5, 0.6) is 0 Å². The third-order valence-corrected chi connectivity index (χ3v) is 6.37. The van der Waals surface area contributed by atoms with Crippen LogP contribution in [0.3, 0.4) is 0 Å². The third-order valence-electron chi connectivity index (χ3n) is 6.11. The van der Waals surface area contributed by atoms with E-state index in [4.69, 9.17) is 16.3 Å². The van der Waals surface area contributed by atoms with Crippen molar-refractivity contribution in [3.63, 3.8) is 0 Å². The minimum Gasteiger partial charge on any atom is -0.479 e. The smallest absolute Gasteiger partial charge is 0.337 e. The van der Waals surface area contributed by atoms with Gasteiger partial charge >= 0.3 is 5.97 Å². The minimum atomic E-state index is -1.21. The van der Waals surface area contributed by atoms with Crippen LogP contribution in [0.15, 0.2) is 30.3 Å². The first-order chi connectivity index (χ1) is 15.4. The summed E-state index contributed by atoms with van der Waals surface area (Å²) in [5.41, 5.74) is 5.02. The number of anilines is 1. The molecule has 0 aliphatic carbocycles. The van der Waals surface area contributed by atoms with Crippen LogP contribution < -0.4 is 4.90 Å². The Morgan fingerprint density at radius 3 is 2.30 bits per heavy atom. The highest BCUT2D eigenvalue weighted by atomic mass is 35.5. The largest absolute Gasteiger partial charge is 0.479 e. The van der Waals surface area contributed by atoms with E-state index in [1.807, 2.05) is 46.8 Å². The van der Waals surface area contributed by atoms with E-state index in [2.05, 4.69) is 10.6 Å². The summed E-state index contributed by atoms with van der Waals surface area (Å²) >= 11 is 6.16. The number of halogens is 1. The van der Waals surface area contributed by atoms with Gasteiger partial charge in [-0.05, 0) is 69.5 Å². The van der Waals surface area contributed by atoms with Gasteiger partial charge < -0.3 is 19.3 Å². The van der Waals surface area contributed by atoms with Crippen LogP contribution in [0.1, 0.15) is 50.6 Å². The number of carboxylic acid groups (broad SMARTS) is 1. The molecule has 2 heterocycles. The maximum Gasteiger partial charge on any atom is 0.337 e. The van der Waals surface area contributed by atoms with Crippen molar-refractivity contribution >= 4 is 40.1 Å². The van der Waals surface area contributed by atoms with Crippen molar-refractivity contribution in [1.29, 1.82) is 0 Å². The molecule has 3 aromatic rings. The Labute approximate surface area is 198 Å². The molecule has 0 bridgehead atoms. The van der Waals surface area contributed by atoms with Gasteiger partial charge in [-0.3, -0.25) is 4.79 Å². The van der Waals surface area contributed by atoms with Crippen LogP contribution in [-0.2, 0) is 20.9 Å². The van der Waals surface area contributed by atoms with Crippen molar-refractivity contribution in [2.45, 2.75) is 59.8 Å². The van der Waals surface area contributed by atoms with Gasteiger partial charge in [0, 0.05) is 41.7 Å². The zero-order valence-electron chi connectivity index (χ0n) is 19.8. The summed E-state index contributed by atoms with van der Waals surface area (Å²) in [6, 6.07) is 9.47. The standard InChI is InChI=1S/C26H29ClN2O4/c1-14-13-19-21(17-7-9-18(27)10-8-17)20(24(25(31)32)33-26(4,5)6)15(2)22-23(19)28(14)11-12-29(22)16(3)30/h7-10,13,24H,11-12H2,1-6H3,(H,31,32)/t24-/m0/s1. The molecule has 6 nitrogen and oxygen atoms in total. The number of aromatic nitrogens is 1. The second-order valence-corrected chi connectivity index (χ2v) is 10.0. The predicted molar refractivity (Wildman–Crippen MR) is 131 cm³/mol. The molecule has 0 saturated carbocycles. The van der Waals surface area contributed by atoms with Crippen molar-refractivity contribution in [3.05, 3.63) is 52.2 Å². The Morgan fingerprint density at radius 2 is 1.76 bits per heavy atom. The lowest BCUT2D eigenvalue weighted by molar-refractivity contribution is -0.160. The van der Waals surface area contributed by atoms with Crippen LogP contribution in [0, 0.1) is 13.8 Å². The van der Waals surface area contributed by atoms with Crippen LogP contribution >= 0.6 is 11.6 Å². The molecule has 174 valence electrons. The maximum absolute atomic E-state index is 12.6. The molecule has 1 aliphatic heterocycles.